The zero-order valence-corrected chi connectivity index (χ0v) is 11.3. The molecule has 0 atom stereocenters. The molecule has 1 fully saturated rings. The number of carbonyl (C=O) groups is 2. The summed E-state index contributed by atoms with van der Waals surface area (Å²) in [7, 11) is 2.11. The number of likely N-dealkylation sites (N-methyl/N-ethyl adjacent to an activating group) is 1. The molecule has 0 amide bonds. The lowest BCUT2D eigenvalue weighted by atomic mass is 10.2. The van der Waals surface area contributed by atoms with Gasteiger partial charge in [-0.3, -0.25) is 9.69 Å². The summed E-state index contributed by atoms with van der Waals surface area (Å²) in [6.45, 7) is 10.8. The smallest absolute Gasteiger partial charge is 0.293 e. The van der Waals surface area contributed by atoms with Crippen LogP contribution in [0.15, 0.2) is 0 Å². The molecular formula is C12H24N2O3. The van der Waals surface area contributed by atoms with E-state index in [0.29, 0.717) is 13.0 Å². The minimum Gasteiger partial charge on any atom is -0.462 e. The van der Waals surface area contributed by atoms with Crippen molar-refractivity contribution in [2.45, 2.75) is 26.4 Å². The Kier molecular flexibility index (Phi) is 7.74. The van der Waals surface area contributed by atoms with Gasteiger partial charge < -0.3 is 14.4 Å². The Labute approximate surface area is 104 Å². The fraction of sp³-hybridized carbons (Fsp3) is 0.833. The number of hydrogen-bond donors (Lipinski definition) is 0. The van der Waals surface area contributed by atoms with Crippen molar-refractivity contribution >= 4 is 12.8 Å². The fourth-order valence-corrected chi connectivity index (χ4v) is 1.28. The van der Waals surface area contributed by atoms with Gasteiger partial charge in [-0.25, -0.2) is 0 Å². The number of carbonyl (C=O) groups excluding carboxylic acids is 2. The van der Waals surface area contributed by atoms with Crippen molar-refractivity contribution in [2.24, 2.45) is 0 Å². The SMILES string of the molecule is CC(C)(C)OC=O.CN1CCN(CC=O)CC1. The highest BCUT2D eigenvalue weighted by Crippen LogP contribution is 2.02. The third kappa shape index (κ3) is 9.96. The first-order valence-electron chi connectivity index (χ1n) is 5.85. The summed E-state index contributed by atoms with van der Waals surface area (Å²) >= 11 is 0. The van der Waals surface area contributed by atoms with Gasteiger partial charge in [-0.2, -0.15) is 0 Å². The zero-order valence-electron chi connectivity index (χ0n) is 11.3. The van der Waals surface area contributed by atoms with Crippen LogP contribution in [0.1, 0.15) is 20.8 Å². The molecule has 100 valence electrons. The molecule has 0 spiro atoms. The summed E-state index contributed by atoms with van der Waals surface area (Å²) in [5.41, 5.74) is -0.318. The van der Waals surface area contributed by atoms with Crippen LogP contribution < -0.4 is 0 Å². The lowest BCUT2D eigenvalue weighted by Gasteiger charge is -2.30. The lowest BCUT2D eigenvalue weighted by molar-refractivity contribution is -0.138. The van der Waals surface area contributed by atoms with Crippen LogP contribution >= 0.6 is 0 Å². The van der Waals surface area contributed by atoms with Gasteiger partial charge in [0.1, 0.15) is 11.9 Å². The number of ether oxygens (including phenoxy) is 1. The maximum Gasteiger partial charge on any atom is 0.293 e. The third-order valence-corrected chi connectivity index (χ3v) is 2.33. The molecule has 5 nitrogen and oxygen atoms in total. The maximum atomic E-state index is 10.1. The fourth-order valence-electron chi connectivity index (χ4n) is 1.28. The molecule has 1 saturated heterocycles. The second-order valence-electron chi connectivity index (χ2n) is 5.10. The van der Waals surface area contributed by atoms with Crippen LogP contribution in [-0.4, -0.2) is 67.9 Å². The van der Waals surface area contributed by atoms with Crippen LogP contribution in [0.25, 0.3) is 0 Å². The van der Waals surface area contributed by atoms with Crippen molar-refractivity contribution in [1.82, 2.24) is 9.80 Å². The lowest BCUT2D eigenvalue weighted by Crippen LogP contribution is -2.44. The van der Waals surface area contributed by atoms with Gasteiger partial charge in [-0.05, 0) is 27.8 Å². The van der Waals surface area contributed by atoms with Crippen LogP contribution in [-0.2, 0) is 14.3 Å². The number of nitrogens with zero attached hydrogens (tertiary/aromatic N) is 2. The molecule has 1 aliphatic rings. The highest BCUT2D eigenvalue weighted by molar-refractivity contribution is 5.51. The monoisotopic (exact) mass is 244 g/mol. The molecule has 0 aromatic heterocycles. The maximum absolute atomic E-state index is 10.1. The van der Waals surface area contributed by atoms with E-state index in [4.69, 9.17) is 0 Å². The first kappa shape index (κ1) is 16.1. The summed E-state index contributed by atoms with van der Waals surface area (Å²) in [4.78, 5) is 24.2. The quantitative estimate of drug-likeness (QED) is 0.672. The Morgan fingerprint density at radius 3 is 1.94 bits per heavy atom. The Balaban J connectivity index is 0.000000325. The van der Waals surface area contributed by atoms with E-state index in [1.54, 1.807) is 0 Å². The topological polar surface area (TPSA) is 49.9 Å². The van der Waals surface area contributed by atoms with Crippen molar-refractivity contribution in [3.63, 3.8) is 0 Å². The van der Waals surface area contributed by atoms with Crippen LogP contribution in [0.5, 0.6) is 0 Å². The van der Waals surface area contributed by atoms with E-state index in [1.165, 1.54) is 0 Å². The van der Waals surface area contributed by atoms with Gasteiger partial charge >= 0.3 is 0 Å². The summed E-state index contributed by atoms with van der Waals surface area (Å²) in [5, 5.41) is 0. The Bertz CT molecular complexity index is 218. The molecule has 1 aliphatic heterocycles. The van der Waals surface area contributed by atoms with Crippen molar-refractivity contribution in [2.75, 3.05) is 39.8 Å². The van der Waals surface area contributed by atoms with Crippen molar-refractivity contribution in [3.05, 3.63) is 0 Å². The van der Waals surface area contributed by atoms with Gasteiger partial charge in [-0.15, -0.1) is 0 Å². The van der Waals surface area contributed by atoms with Crippen molar-refractivity contribution in [3.8, 4) is 0 Å². The van der Waals surface area contributed by atoms with E-state index >= 15 is 0 Å². The molecule has 0 aromatic carbocycles. The minimum atomic E-state index is -0.318. The Morgan fingerprint density at radius 1 is 1.12 bits per heavy atom. The summed E-state index contributed by atoms with van der Waals surface area (Å²) in [6, 6.07) is 0. The summed E-state index contributed by atoms with van der Waals surface area (Å²) < 4.78 is 4.55. The molecule has 5 heteroatoms. The molecule has 0 N–H and O–H groups in total. The molecule has 1 rings (SSSR count). The Hall–Kier alpha value is -0.940. The number of piperazine rings is 1. The second kappa shape index (κ2) is 8.20. The molecule has 1 heterocycles. The molecule has 0 saturated carbocycles. The zero-order chi connectivity index (χ0) is 13.3. The van der Waals surface area contributed by atoms with Gasteiger partial charge in [-0.1, -0.05) is 0 Å². The molecule has 0 unspecified atom stereocenters. The van der Waals surface area contributed by atoms with Gasteiger partial charge in [0.2, 0.25) is 0 Å². The average molecular weight is 244 g/mol. The van der Waals surface area contributed by atoms with Crippen molar-refractivity contribution in [1.29, 1.82) is 0 Å². The molecule has 0 radical (unpaired) electrons. The number of aldehydes is 1. The second-order valence-corrected chi connectivity index (χ2v) is 5.10. The highest BCUT2D eigenvalue weighted by atomic mass is 16.5. The van der Waals surface area contributed by atoms with E-state index in [9.17, 15) is 9.59 Å². The largest absolute Gasteiger partial charge is 0.462 e. The van der Waals surface area contributed by atoms with Gasteiger partial charge in [0.25, 0.3) is 6.47 Å². The normalized spacial score (nSPS) is 17.9. The van der Waals surface area contributed by atoms with E-state index in [-0.39, 0.29) is 5.60 Å². The predicted molar refractivity (Wildman–Crippen MR) is 66.9 cm³/mol. The van der Waals surface area contributed by atoms with Crippen LogP contribution in [0.2, 0.25) is 0 Å². The average Bonchev–Trinajstić information content (AvgIpc) is 2.21. The molecular weight excluding hydrogens is 220 g/mol. The molecule has 17 heavy (non-hydrogen) atoms. The van der Waals surface area contributed by atoms with Gasteiger partial charge in [0.05, 0.1) is 6.54 Å². The van der Waals surface area contributed by atoms with Crippen LogP contribution in [0.4, 0.5) is 0 Å². The van der Waals surface area contributed by atoms with E-state index < -0.39 is 0 Å². The van der Waals surface area contributed by atoms with Crippen molar-refractivity contribution < 1.29 is 14.3 Å². The van der Waals surface area contributed by atoms with E-state index in [1.807, 2.05) is 20.8 Å². The van der Waals surface area contributed by atoms with Crippen LogP contribution in [0.3, 0.4) is 0 Å². The number of rotatable bonds is 3. The standard InChI is InChI=1S/C7H14N2O.C5H10O2/c1-8-2-4-9(5-3-8)6-7-10;1-5(2,3)7-4-6/h7H,2-6H2,1H3;4H,1-3H3. The molecule has 0 aromatic rings. The first-order valence-corrected chi connectivity index (χ1v) is 5.85. The molecule has 0 aliphatic carbocycles. The highest BCUT2D eigenvalue weighted by Gasteiger charge is 2.11. The molecule has 0 bridgehead atoms. The summed E-state index contributed by atoms with van der Waals surface area (Å²) in [5.74, 6) is 0. The summed E-state index contributed by atoms with van der Waals surface area (Å²) in [6.07, 6.45) is 0.978. The Morgan fingerprint density at radius 2 is 1.65 bits per heavy atom. The predicted octanol–water partition coefficient (Wildman–Crippen LogP) is 0.391. The first-order chi connectivity index (χ1) is 7.89. The van der Waals surface area contributed by atoms with Crippen LogP contribution in [0, 0.1) is 0 Å². The van der Waals surface area contributed by atoms with E-state index in [0.717, 1.165) is 32.5 Å². The van der Waals surface area contributed by atoms with Gasteiger partial charge in [0, 0.05) is 26.2 Å². The third-order valence-electron chi connectivity index (χ3n) is 2.33. The van der Waals surface area contributed by atoms with E-state index in [2.05, 4.69) is 21.6 Å². The van der Waals surface area contributed by atoms with Gasteiger partial charge in [0.15, 0.2) is 0 Å². The minimum absolute atomic E-state index is 0.318. The number of hydrogen-bond acceptors (Lipinski definition) is 5.